The number of benzene rings is 1. The molecule has 0 spiro atoms. The number of rotatable bonds is 2. The van der Waals surface area contributed by atoms with Gasteiger partial charge in [-0.05, 0) is 24.3 Å². The van der Waals surface area contributed by atoms with Gasteiger partial charge in [-0.3, -0.25) is 4.79 Å². The maximum Gasteiger partial charge on any atom is 0.398 e. The second kappa shape index (κ2) is 4.98. The zero-order chi connectivity index (χ0) is 12.1. The fourth-order valence-corrected chi connectivity index (χ4v) is 1.19. The Morgan fingerprint density at radius 2 is 1.82 bits per heavy atom. The largest absolute Gasteiger partial charge is 0.457 e. The fourth-order valence-electron chi connectivity index (χ4n) is 1.19. The van der Waals surface area contributed by atoms with E-state index in [1.165, 1.54) is 12.3 Å². The molecule has 1 aromatic carbocycles. The Kier molecular flexibility index (Phi) is 3.20. The summed E-state index contributed by atoms with van der Waals surface area (Å²) in [6.07, 6.45) is 1.34. The molecule has 1 aromatic heterocycles. The van der Waals surface area contributed by atoms with Gasteiger partial charge in [0.2, 0.25) is 5.76 Å². The number of carbonyl (C=O) groups excluding carboxylic acids is 2. The highest BCUT2D eigenvalue weighted by Gasteiger charge is 2.12. The maximum atomic E-state index is 11.5. The van der Waals surface area contributed by atoms with E-state index in [-0.39, 0.29) is 5.76 Å². The van der Waals surface area contributed by atoms with Gasteiger partial charge in [0.05, 0.1) is 6.26 Å². The van der Waals surface area contributed by atoms with E-state index >= 15 is 0 Å². The standard InChI is InChI=1S/C12H9NO4/c14-11(9-5-2-1-3-6-9)13-17-12(15)10-7-4-8-16-10/h1-8H,(H,13,14). The van der Waals surface area contributed by atoms with Crippen LogP contribution in [0.25, 0.3) is 0 Å². The Labute approximate surface area is 97.0 Å². The smallest absolute Gasteiger partial charge is 0.398 e. The quantitative estimate of drug-likeness (QED) is 0.800. The van der Waals surface area contributed by atoms with Crippen molar-refractivity contribution in [1.29, 1.82) is 0 Å². The number of nitrogens with one attached hydrogen (secondary N) is 1. The van der Waals surface area contributed by atoms with E-state index in [4.69, 9.17) is 4.42 Å². The average Bonchev–Trinajstić information content (AvgIpc) is 2.90. The van der Waals surface area contributed by atoms with E-state index < -0.39 is 11.9 Å². The highest BCUT2D eigenvalue weighted by molar-refractivity contribution is 5.95. The Hall–Kier alpha value is -2.56. The molecule has 17 heavy (non-hydrogen) atoms. The van der Waals surface area contributed by atoms with Crippen LogP contribution in [0.1, 0.15) is 20.9 Å². The Morgan fingerprint density at radius 1 is 1.06 bits per heavy atom. The first-order valence-electron chi connectivity index (χ1n) is 4.87. The van der Waals surface area contributed by atoms with E-state index in [9.17, 15) is 9.59 Å². The molecular weight excluding hydrogens is 222 g/mol. The zero-order valence-electron chi connectivity index (χ0n) is 8.75. The number of amides is 1. The minimum absolute atomic E-state index is 0.0263. The first-order valence-corrected chi connectivity index (χ1v) is 4.87. The summed E-state index contributed by atoms with van der Waals surface area (Å²) in [6.45, 7) is 0. The lowest BCUT2D eigenvalue weighted by Crippen LogP contribution is -2.26. The third kappa shape index (κ3) is 2.72. The minimum atomic E-state index is -0.751. The third-order valence-corrected chi connectivity index (χ3v) is 1.99. The molecule has 0 radical (unpaired) electrons. The van der Waals surface area contributed by atoms with E-state index in [0.29, 0.717) is 5.56 Å². The van der Waals surface area contributed by atoms with Crippen LogP contribution in [0, 0.1) is 0 Å². The summed E-state index contributed by atoms with van der Waals surface area (Å²) in [6, 6.07) is 11.4. The summed E-state index contributed by atoms with van der Waals surface area (Å²) in [5.74, 6) is -1.22. The van der Waals surface area contributed by atoms with E-state index in [1.54, 1.807) is 36.4 Å². The van der Waals surface area contributed by atoms with Crippen molar-refractivity contribution in [2.24, 2.45) is 0 Å². The van der Waals surface area contributed by atoms with E-state index in [2.05, 4.69) is 4.84 Å². The molecule has 5 heteroatoms. The van der Waals surface area contributed by atoms with Gasteiger partial charge < -0.3 is 9.25 Å². The first-order chi connectivity index (χ1) is 8.27. The van der Waals surface area contributed by atoms with Gasteiger partial charge in [-0.25, -0.2) is 4.79 Å². The average molecular weight is 231 g/mol. The van der Waals surface area contributed by atoms with Crippen molar-refractivity contribution in [3.8, 4) is 0 Å². The van der Waals surface area contributed by atoms with Crippen molar-refractivity contribution < 1.29 is 18.8 Å². The number of carbonyl (C=O) groups is 2. The molecule has 86 valence electrons. The lowest BCUT2D eigenvalue weighted by Gasteiger charge is -2.03. The zero-order valence-corrected chi connectivity index (χ0v) is 8.75. The molecule has 0 aliphatic heterocycles. The van der Waals surface area contributed by atoms with Crippen molar-refractivity contribution in [3.63, 3.8) is 0 Å². The first kappa shape index (κ1) is 10.9. The van der Waals surface area contributed by atoms with Crippen LogP contribution in [-0.2, 0) is 4.84 Å². The minimum Gasteiger partial charge on any atom is -0.457 e. The number of hydrogen-bond donors (Lipinski definition) is 1. The summed E-state index contributed by atoms with van der Waals surface area (Å²) in [4.78, 5) is 27.4. The van der Waals surface area contributed by atoms with Crippen molar-refractivity contribution >= 4 is 11.9 Å². The number of hydroxylamine groups is 1. The molecule has 1 heterocycles. The van der Waals surface area contributed by atoms with Crippen molar-refractivity contribution in [2.75, 3.05) is 0 Å². The molecule has 0 bridgehead atoms. The molecule has 1 amide bonds. The monoisotopic (exact) mass is 231 g/mol. The van der Waals surface area contributed by atoms with E-state index in [1.807, 2.05) is 5.48 Å². The molecule has 2 rings (SSSR count). The molecular formula is C12H9NO4. The van der Waals surface area contributed by atoms with Gasteiger partial charge in [-0.1, -0.05) is 18.2 Å². The molecule has 0 saturated carbocycles. The van der Waals surface area contributed by atoms with Crippen LogP contribution in [-0.4, -0.2) is 11.9 Å². The summed E-state index contributed by atoms with van der Waals surface area (Å²) >= 11 is 0. The van der Waals surface area contributed by atoms with Crippen LogP contribution in [0.4, 0.5) is 0 Å². The number of furan rings is 1. The van der Waals surface area contributed by atoms with Gasteiger partial charge >= 0.3 is 5.97 Å². The van der Waals surface area contributed by atoms with Crippen molar-refractivity contribution in [3.05, 3.63) is 60.1 Å². The van der Waals surface area contributed by atoms with Gasteiger partial charge in [0.1, 0.15) is 0 Å². The number of hydrogen-bond acceptors (Lipinski definition) is 4. The molecule has 0 fully saturated rings. The van der Waals surface area contributed by atoms with E-state index in [0.717, 1.165) is 0 Å². The second-order valence-electron chi connectivity index (χ2n) is 3.16. The summed E-state index contributed by atoms with van der Waals surface area (Å²) in [5.41, 5.74) is 2.44. The van der Waals surface area contributed by atoms with Crippen LogP contribution in [0.5, 0.6) is 0 Å². The van der Waals surface area contributed by atoms with Gasteiger partial charge in [0.25, 0.3) is 5.91 Å². The maximum absolute atomic E-state index is 11.5. The van der Waals surface area contributed by atoms with Gasteiger partial charge in [-0.15, -0.1) is 0 Å². The molecule has 0 aliphatic rings. The Bertz CT molecular complexity index is 505. The van der Waals surface area contributed by atoms with Gasteiger partial charge in [0.15, 0.2) is 0 Å². The molecule has 5 nitrogen and oxygen atoms in total. The molecule has 0 unspecified atom stereocenters. The highest BCUT2D eigenvalue weighted by Crippen LogP contribution is 2.02. The normalized spacial score (nSPS) is 9.65. The summed E-state index contributed by atoms with van der Waals surface area (Å²) < 4.78 is 4.81. The van der Waals surface area contributed by atoms with Gasteiger partial charge in [-0.2, -0.15) is 5.48 Å². The Balaban J connectivity index is 1.91. The van der Waals surface area contributed by atoms with Crippen LogP contribution < -0.4 is 5.48 Å². The lowest BCUT2D eigenvalue weighted by molar-refractivity contribution is 0.0201. The third-order valence-electron chi connectivity index (χ3n) is 1.99. The highest BCUT2D eigenvalue weighted by atomic mass is 16.7. The summed E-state index contributed by atoms with van der Waals surface area (Å²) in [5, 5.41) is 0. The second-order valence-corrected chi connectivity index (χ2v) is 3.16. The van der Waals surface area contributed by atoms with Crippen LogP contribution >= 0.6 is 0 Å². The molecule has 0 aliphatic carbocycles. The fraction of sp³-hybridized carbons (Fsp3) is 0. The van der Waals surface area contributed by atoms with Crippen LogP contribution in [0.2, 0.25) is 0 Å². The van der Waals surface area contributed by atoms with Crippen molar-refractivity contribution in [1.82, 2.24) is 5.48 Å². The predicted molar refractivity (Wildman–Crippen MR) is 58.0 cm³/mol. The molecule has 1 N–H and O–H groups in total. The van der Waals surface area contributed by atoms with Gasteiger partial charge in [0, 0.05) is 5.56 Å². The predicted octanol–water partition coefficient (Wildman–Crippen LogP) is 1.78. The SMILES string of the molecule is O=C(NOC(=O)c1ccco1)c1ccccc1. The molecule has 0 saturated heterocycles. The lowest BCUT2D eigenvalue weighted by atomic mass is 10.2. The van der Waals surface area contributed by atoms with Crippen LogP contribution in [0.3, 0.4) is 0 Å². The summed E-state index contributed by atoms with van der Waals surface area (Å²) in [7, 11) is 0. The molecule has 2 aromatic rings. The topological polar surface area (TPSA) is 68.5 Å². The Morgan fingerprint density at radius 3 is 2.47 bits per heavy atom. The van der Waals surface area contributed by atoms with Crippen LogP contribution in [0.15, 0.2) is 53.1 Å². The molecule has 0 atom stereocenters. The van der Waals surface area contributed by atoms with Crippen molar-refractivity contribution in [2.45, 2.75) is 0 Å².